The van der Waals surface area contributed by atoms with Crippen molar-refractivity contribution in [1.29, 1.82) is 0 Å². The molecule has 0 unspecified atom stereocenters. The van der Waals surface area contributed by atoms with E-state index < -0.39 is 23.7 Å². The molecule has 4 nitrogen and oxygen atoms in total. The zero-order chi connectivity index (χ0) is 15.5. The minimum absolute atomic E-state index is 0.0429. The number of hydrogen-bond acceptors (Lipinski definition) is 3. The lowest BCUT2D eigenvalue weighted by Gasteiger charge is -2.17. The van der Waals surface area contributed by atoms with E-state index in [1.54, 1.807) is 13.8 Å². The Balaban J connectivity index is 3.04. The summed E-state index contributed by atoms with van der Waals surface area (Å²) in [6.07, 6.45) is -4.50. The average Bonchev–Trinajstić information content (AvgIpc) is 2.36. The highest BCUT2D eigenvalue weighted by Crippen LogP contribution is 2.32. The van der Waals surface area contributed by atoms with Crippen molar-refractivity contribution in [1.82, 2.24) is 0 Å². The molecule has 0 heterocycles. The molecule has 1 aromatic rings. The maximum atomic E-state index is 12.7. The fraction of sp³-hybridized carbons (Fsp3) is 0.462. The van der Waals surface area contributed by atoms with Crippen LogP contribution in [0, 0.1) is 5.92 Å². The van der Waals surface area contributed by atoms with Crippen LogP contribution in [0.5, 0.6) is 0 Å². The van der Waals surface area contributed by atoms with E-state index in [1.165, 1.54) is 6.07 Å². The standard InChI is InChI=1S/C13H18F3N3O/c1-7(2)11(18)12(20)19-10-4-8(6-17)3-9(5-10)13(14,15)16/h3-5,7,11H,6,17-18H2,1-2H3,(H,19,20)/t11-/m0/s1. The lowest BCUT2D eigenvalue weighted by atomic mass is 10.0. The first-order chi connectivity index (χ1) is 9.15. The molecule has 0 fully saturated rings. The van der Waals surface area contributed by atoms with Crippen LogP contribution in [0.25, 0.3) is 0 Å². The van der Waals surface area contributed by atoms with E-state index in [0.29, 0.717) is 0 Å². The Kier molecular flexibility index (Phi) is 5.13. The van der Waals surface area contributed by atoms with Gasteiger partial charge in [0.2, 0.25) is 5.91 Å². The number of hydrogen-bond donors (Lipinski definition) is 3. The molecular formula is C13H18F3N3O. The van der Waals surface area contributed by atoms with Gasteiger partial charge in [-0.2, -0.15) is 13.2 Å². The zero-order valence-electron chi connectivity index (χ0n) is 11.3. The van der Waals surface area contributed by atoms with Gasteiger partial charge in [-0.1, -0.05) is 13.8 Å². The summed E-state index contributed by atoms with van der Waals surface area (Å²) in [5.41, 5.74) is 10.5. The number of carbonyl (C=O) groups is 1. The molecule has 5 N–H and O–H groups in total. The Labute approximate surface area is 115 Å². The van der Waals surface area contributed by atoms with Crippen molar-refractivity contribution in [2.45, 2.75) is 32.6 Å². The van der Waals surface area contributed by atoms with Gasteiger partial charge < -0.3 is 16.8 Å². The molecule has 1 rings (SSSR count). The van der Waals surface area contributed by atoms with E-state index in [4.69, 9.17) is 11.5 Å². The summed E-state index contributed by atoms with van der Waals surface area (Å²) in [7, 11) is 0. The highest BCUT2D eigenvalue weighted by atomic mass is 19.4. The smallest absolute Gasteiger partial charge is 0.326 e. The largest absolute Gasteiger partial charge is 0.416 e. The highest BCUT2D eigenvalue weighted by Gasteiger charge is 2.31. The molecule has 7 heteroatoms. The summed E-state index contributed by atoms with van der Waals surface area (Å²) in [4.78, 5) is 11.8. The first-order valence-corrected chi connectivity index (χ1v) is 6.12. The van der Waals surface area contributed by atoms with Crippen molar-refractivity contribution in [2.75, 3.05) is 5.32 Å². The molecule has 1 atom stereocenters. The number of alkyl halides is 3. The molecule has 0 aromatic heterocycles. The van der Waals surface area contributed by atoms with E-state index >= 15 is 0 Å². The average molecular weight is 289 g/mol. The fourth-order valence-electron chi connectivity index (χ4n) is 1.57. The normalized spacial score (nSPS) is 13.4. The van der Waals surface area contributed by atoms with Crippen LogP contribution in [0.3, 0.4) is 0 Å². The summed E-state index contributed by atoms with van der Waals surface area (Å²) in [5, 5.41) is 2.39. The molecule has 0 aliphatic carbocycles. The van der Waals surface area contributed by atoms with Gasteiger partial charge in [-0.3, -0.25) is 4.79 Å². The van der Waals surface area contributed by atoms with Gasteiger partial charge in [-0.05, 0) is 29.7 Å². The number of benzene rings is 1. The van der Waals surface area contributed by atoms with Gasteiger partial charge in [0.1, 0.15) is 0 Å². The van der Waals surface area contributed by atoms with Crippen LogP contribution in [0.1, 0.15) is 25.0 Å². The molecule has 0 aliphatic heterocycles. The summed E-state index contributed by atoms with van der Waals surface area (Å²) < 4.78 is 38.2. The molecule has 1 aromatic carbocycles. The summed E-state index contributed by atoms with van der Waals surface area (Å²) in [6.45, 7) is 3.45. The predicted molar refractivity (Wildman–Crippen MR) is 70.8 cm³/mol. The molecule has 0 spiro atoms. The van der Waals surface area contributed by atoms with Gasteiger partial charge in [-0.15, -0.1) is 0 Å². The van der Waals surface area contributed by atoms with E-state index in [0.717, 1.165) is 12.1 Å². The number of nitrogens with two attached hydrogens (primary N) is 2. The van der Waals surface area contributed by atoms with Crippen molar-refractivity contribution < 1.29 is 18.0 Å². The molecule has 0 saturated carbocycles. The second-order valence-corrected chi connectivity index (χ2v) is 4.88. The third-order valence-electron chi connectivity index (χ3n) is 2.84. The minimum Gasteiger partial charge on any atom is -0.326 e. The number of halogens is 3. The maximum Gasteiger partial charge on any atom is 0.416 e. The Morgan fingerprint density at radius 3 is 2.35 bits per heavy atom. The van der Waals surface area contributed by atoms with Crippen LogP contribution in [0.4, 0.5) is 18.9 Å². The third kappa shape index (κ3) is 4.21. The van der Waals surface area contributed by atoms with Crippen molar-refractivity contribution in [3.8, 4) is 0 Å². The molecule has 1 amide bonds. The van der Waals surface area contributed by atoms with Crippen LogP contribution in [0.15, 0.2) is 18.2 Å². The fourth-order valence-corrected chi connectivity index (χ4v) is 1.57. The summed E-state index contributed by atoms with van der Waals surface area (Å²) in [6, 6.07) is 2.44. The molecule has 0 bridgehead atoms. The van der Waals surface area contributed by atoms with Crippen LogP contribution in [0.2, 0.25) is 0 Å². The quantitative estimate of drug-likeness (QED) is 0.794. The Morgan fingerprint density at radius 2 is 1.90 bits per heavy atom. The maximum absolute atomic E-state index is 12.7. The van der Waals surface area contributed by atoms with Crippen LogP contribution in [-0.4, -0.2) is 11.9 Å². The van der Waals surface area contributed by atoms with Gasteiger partial charge in [-0.25, -0.2) is 0 Å². The van der Waals surface area contributed by atoms with Crippen LogP contribution < -0.4 is 16.8 Å². The van der Waals surface area contributed by atoms with E-state index in [9.17, 15) is 18.0 Å². The Hall–Kier alpha value is -1.60. The third-order valence-corrected chi connectivity index (χ3v) is 2.84. The summed E-state index contributed by atoms with van der Waals surface area (Å²) >= 11 is 0. The molecule has 0 radical (unpaired) electrons. The second kappa shape index (κ2) is 6.23. The number of rotatable bonds is 4. The summed E-state index contributed by atoms with van der Waals surface area (Å²) in [5.74, 6) is -0.642. The first-order valence-electron chi connectivity index (χ1n) is 6.12. The molecule has 20 heavy (non-hydrogen) atoms. The van der Waals surface area contributed by atoms with Crippen molar-refractivity contribution in [2.24, 2.45) is 17.4 Å². The molecule has 0 aliphatic rings. The predicted octanol–water partition coefficient (Wildman–Crippen LogP) is 2.09. The lowest BCUT2D eigenvalue weighted by molar-refractivity contribution is -0.137. The van der Waals surface area contributed by atoms with Gasteiger partial charge >= 0.3 is 6.18 Å². The van der Waals surface area contributed by atoms with Crippen molar-refractivity contribution in [3.63, 3.8) is 0 Å². The molecule has 0 saturated heterocycles. The highest BCUT2D eigenvalue weighted by molar-refractivity contribution is 5.95. The number of anilines is 1. The van der Waals surface area contributed by atoms with Gasteiger partial charge in [0.25, 0.3) is 0 Å². The van der Waals surface area contributed by atoms with Crippen molar-refractivity contribution in [3.05, 3.63) is 29.3 Å². The van der Waals surface area contributed by atoms with E-state index in [2.05, 4.69) is 5.32 Å². The molecule has 112 valence electrons. The van der Waals surface area contributed by atoms with Gasteiger partial charge in [0, 0.05) is 12.2 Å². The van der Waals surface area contributed by atoms with Crippen LogP contribution >= 0.6 is 0 Å². The SMILES string of the molecule is CC(C)[C@H](N)C(=O)Nc1cc(CN)cc(C(F)(F)F)c1. The van der Waals surface area contributed by atoms with Gasteiger partial charge in [0.05, 0.1) is 11.6 Å². The number of nitrogens with one attached hydrogen (secondary N) is 1. The Morgan fingerprint density at radius 1 is 1.30 bits per heavy atom. The van der Waals surface area contributed by atoms with Gasteiger partial charge in [0.15, 0.2) is 0 Å². The monoisotopic (exact) mass is 289 g/mol. The lowest BCUT2D eigenvalue weighted by Crippen LogP contribution is -2.39. The minimum atomic E-state index is -4.50. The topological polar surface area (TPSA) is 81.1 Å². The molecular weight excluding hydrogens is 271 g/mol. The Bertz CT molecular complexity index is 486. The van der Waals surface area contributed by atoms with Crippen molar-refractivity contribution >= 4 is 11.6 Å². The van der Waals surface area contributed by atoms with E-state index in [-0.39, 0.29) is 23.7 Å². The van der Waals surface area contributed by atoms with E-state index in [1.807, 2.05) is 0 Å². The second-order valence-electron chi connectivity index (χ2n) is 4.88. The number of carbonyl (C=O) groups excluding carboxylic acids is 1. The first kappa shape index (κ1) is 16.5. The number of amides is 1. The van der Waals surface area contributed by atoms with Crippen LogP contribution in [-0.2, 0) is 17.5 Å². The zero-order valence-corrected chi connectivity index (χ0v) is 11.3.